The lowest BCUT2D eigenvalue weighted by Crippen LogP contribution is -2.21. The van der Waals surface area contributed by atoms with E-state index in [0.717, 1.165) is 10.7 Å². The van der Waals surface area contributed by atoms with Crippen LogP contribution >= 0.6 is 11.3 Å². The van der Waals surface area contributed by atoms with E-state index < -0.39 is 5.97 Å². The number of carbonyl (C=O) groups is 1. The number of rotatable bonds is 4. The quantitative estimate of drug-likeness (QED) is 0.909. The summed E-state index contributed by atoms with van der Waals surface area (Å²) in [7, 11) is 0. The number of pyridine rings is 1. The highest BCUT2D eigenvalue weighted by molar-refractivity contribution is 7.09. The van der Waals surface area contributed by atoms with E-state index in [4.69, 9.17) is 5.11 Å². The molecular formula is C12H12N2O3S. The van der Waals surface area contributed by atoms with Gasteiger partial charge in [0.05, 0.1) is 10.6 Å². The summed E-state index contributed by atoms with van der Waals surface area (Å²) in [6, 6.07) is 2.59. The molecule has 0 aliphatic rings. The lowest BCUT2D eigenvalue weighted by Gasteiger charge is -2.04. The van der Waals surface area contributed by atoms with Gasteiger partial charge in [0, 0.05) is 36.3 Å². The fourth-order valence-electron chi connectivity index (χ4n) is 1.57. The first kappa shape index (κ1) is 12.5. The normalized spacial score (nSPS) is 10.5. The Balaban J connectivity index is 2.16. The van der Waals surface area contributed by atoms with Crippen molar-refractivity contribution in [1.82, 2.24) is 9.55 Å². The molecule has 0 saturated carbocycles. The number of aromatic nitrogens is 2. The smallest absolute Gasteiger partial charge is 0.337 e. The van der Waals surface area contributed by atoms with Gasteiger partial charge >= 0.3 is 5.97 Å². The Hall–Kier alpha value is -1.95. The van der Waals surface area contributed by atoms with Crippen LogP contribution in [0.25, 0.3) is 0 Å². The van der Waals surface area contributed by atoms with Gasteiger partial charge in [-0.05, 0) is 13.0 Å². The summed E-state index contributed by atoms with van der Waals surface area (Å²) in [6.07, 6.45) is 1.99. The summed E-state index contributed by atoms with van der Waals surface area (Å²) in [5.74, 6) is -1.03. The molecule has 2 rings (SSSR count). The van der Waals surface area contributed by atoms with E-state index in [1.807, 2.05) is 12.3 Å². The summed E-state index contributed by atoms with van der Waals surface area (Å²) in [5.41, 5.74) is 0.875. The van der Waals surface area contributed by atoms with Crippen LogP contribution in [0.1, 0.15) is 21.1 Å². The van der Waals surface area contributed by atoms with Gasteiger partial charge in [-0.2, -0.15) is 0 Å². The Bertz CT molecular complexity index is 630. The maximum atomic E-state index is 11.6. The molecule has 0 aliphatic heterocycles. The van der Waals surface area contributed by atoms with Gasteiger partial charge in [-0.3, -0.25) is 4.79 Å². The fourth-order valence-corrected chi connectivity index (χ4v) is 2.33. The van der Waals surface area contributed by atoms with Crippen molar-refractivity contribution in [3.8, 4) is 0 Å². The Morgan fingerprint density at radius 1 is 1.50 bits per heavy atom. The largest absolute Gasteiger partial charge is 0.478 e. The average molecular weight is 264 g/mol. The van der Waals surface area contributed by atoms with Crippen molar-refractivity contribution in [2.24, 2.45) is 0 Å². The van der Waals surface area contributed by atoms with Gasteiger partial charge in [0.25, 0.3) is 5.56 Å². The SMILES string of the molecule is Cc1csc(CCn2cc(C(=O)O)ccc2=O)n1. The predicted molar refractivity (Wildman–Crippen MR) is 68.2 cm³/mol. The number of hydrogen-bond acceptors (Lipinski definition) is 4. The van der Waals surface area contributed by atoms with Gasteiger partial charge in [0.15, 0.2) is 0 Å². The molecular weight excluding hydrogens is 252 g/mol. The van der Waals surface area contributed by atoms with Crippen molar-refractivity contribution in [3.63, 3.8) is 0 Å². The molecule has 0 aromatic carbocycles. The van der Waals surface area contributed by atoms with E-state index in [9.17, 15) is 9.59 Å². The second-order valence-corrected chi connectivity index (χ2v) is 4.83. The molecule has 94 valence electrons. The minimum absolute atomic E-state index is 0.116. The van der Waals surface area contributed by atoms with Crippen LogP contribution in [0.2, 0.25) is 0 Å². The first-order valence-electron chi connectivity index (χ1n) is 5.41. The number of carboxylic acid groups (broad SMARTS) is 1. The third kappa shape index (κ3) is 2.84. The maximum Gasteiger partial charge on any atom is 0.337 e. The van der Waals surface area contributed by atoms with E-state index in [0.29, 0.717) is 13.0 Å². The molecule has 18 heavy (non-hydrogen) atoms. The summed E-state index contributed by atoms with van der Waals surface area (Å²) in [4.78, 5) is 26.7. The van der Waals surface area contributed by atoms with Crippen molar-refractivity contribution in [3.05, 3.63) is 50.3 Å². The first-order valence-corrected chi connectivity index (χ1v) is 6.29. The minimum atomic E-state index is -1.03. The third-order valence-corrected chi connectivity index (χ3v) is 3.49. The fraction of sp³-hybridized carbons (Fsp3) is 0.250. The molecule has 0 amide bonds. The van der Waals surface area contributed by atoms with Gasteiger partial charge in [-0.1, -0.05) is 0 Å². The maximum absolute atomic E-state index is 11.6. The second-order valence-electron chi connectivity index (χ2n) is 3.89. The highest BCUT2D eigenvalue weighted by Crippen LogP contribution is 2.09. The molecule has 2 aromatic heterocycles. The summed E-state index contributed by atoms with van der Waals surface area (Å²) in [6.45, 7) is 2.35. The summed E-state index contributed by atoms with van der Waals surface area (Å²) < 4.78 is 1.40. The van der Waals surface area contributed by atoms with Crippen molar-refractivity contribution >= 4 is 17.3 Å². The van der Waals surface area contributed by atoms with Crippen LogP contribution in [0, 0.1) is 6.92 Å². The van der Waals surface area contributed by atoms with Crippen LogP contribution in [-0.4, -0.2) is 20.6 Å². The lowest BCUT2D eigenvalue weighted by molar-refractivity contribution is 0.0696. The van der Waals surface area contributed by atoms with Crippen LogP contribution in [0.15, 0.2) is 28.5 Å². The van der Waals surface area contributed by atoms with E-state index >= 15 is 0 Å². The van der Waals surface area contributed by atoms with E-state index in [1.165, 1.54) is 22.9 Å². The molecule has 0 aliphatic carbocycles. The number of carboxylic acids is 1. The topological polar surface area (TPSA) is 72.2 Å². The van der Waals surface area contributed by atoms with Gasteiger partial charge in [-0.25, -0.2) is 9.78 Å². The highest BCUT2D eigenvalue weighted by atomic mass is 32.1. The van der Waals surface area contributed by atoms with Crippen LogP contribution in [-0.2, 0) is 13.0 Å². The molecule has 2 heterocycles. The number of thiazole rings is 1. The molecule has 0 fully saturated rings. The van der Waals surface area contributed by atoms with E-state index in [-0.39, 0.29) is 11.1 Å². The van der Waals surface area contributed by atoms with Gasteiger partial charge in [0.2, 0.25) is 0 Å². The van der Waals surface area contributed by atoms with Crippen molar-refractivity contribution in [2.45, 2.75) is 19.9 Å². The van der Waals surface area contributed by atoms with Crippen molar-refractivity contribution in [1.29, 1.82) is 0 Å². The third-order valence-electron chi connectivity index (χ3n) is 2.46. The van der Waals surface area contributed by atoms with Gasteiger partial charge < -0.3 is 9.67 Å². The van der Waals surface area contributed by atoms with Crippen LogP contribution < -0.4 is 5.56 Å². The molecule has 2 aromatic rings. The minimum Gasteiger partial charge on any atom is -0.478 e. The molecule has 0 saturated heterocycles. The second kappa shape index (κ2) is 5.14. The average Bonchev–Trinajstić information content (AvgIpc) is 2.74. The zero-order valence-corrected chi connectivity index (χ0v) is 10.6. The Kier molecular flexibility index (Phi) is 3.57. The molecule has 0 unspecified atom stereocenters. The molecule has 5 nitrogen and oxygen atoms in total. The Labute approximate surface area is 107 Å². The molecule has 1 N–H and O–H groups in total. The zero-order chi connectivity index (χ0) is 13.1. The Morgan fingerprint density at radius 3 is 2.89 bits per heavy atom. The van der Waals surface area contributed by atoms with Crippen LogP contribution in [0.5, 0.6) is 0 Å². The van der Waals surface area contributed by atoms with Gasteiger partial charge in [0.1, 0.15) is 0 Å². The number of aromatic carboxylic acids is 1. The predicted octanol–water partition coefficient (Wildman–Crippen LogP) is 1.55. The highest BCUT2D eigenvalue weighted by Gasteiger charge is 2.06. The molecule has 0 radical (unpaired) electrons. The standard InChI is InChI=1S/C12H12N2O3S/c1-8-7-18-10(13-8)4-5-14-6-9(12(16)17)2-3-11(14)15/h2-3,6-7H,4-5H2,1H3,(H,16,17). The summed E-state index contributed by atoms with van der Waals surface area (Å²) in [5, 5.41) is 11.8. The molecule has 6 heteroatoms. The molecule has 0 atom stereocenters. The first-order chi connectivity index (χ1) is 8.56. The van der Waals surface area contributed by atoms with E-state index in [1.54, 1.807) is 11.3 Å². The summed E-state index contributed by atoms with van der Waals surface area (Å²) >= 11 is 1.54. The number of aryl methyl sites for hydroxylation is 3. The number of hydrogen-bond donors (Lipinski definition) is 1. The number of nitrogens with zero attached hydrogens (tertiary/aromatic N) is 2. The molecule has 0 spiro atoms. The monoisotopic (exact) mass is 264 g/mol. The van der Waals surface area contributed by atoms with Crippen LogP contribution in [0.3, 0.4) is 0 Å². The zero-order valence-electron chi connectivity index (χ0n) is 9.79. The lowest BCUT2D eigenvalue weighted by atomic mass is 10.3. The van der Waals surface area contributed by atoms with Crippen molar-refractivity contribution in [2.75, 3.05) is 0 Å². The van der Waals surface area contributed by atoms with Crippen molar-refractivity contribution < 1.29 is 9.90 Å². The van der Waals surface area contributed by atoms with Crippen LogP contribution in [0.4, 0.5) is 0 Å². The molecule has 0 bridgehead atoms. The van der Waals surface area contributed by atoms with E-state index in [2.05, 4.69) is 4.98 Å². The Morgan fingerprint density at radius 2 is 2.28 bits per heavy atom. The van der Waals surface area contributed by atoms with Gasteiger partial charge in [-0.15, -0.1) is 11.3 Å².